The van der Waals surface area contributed by atoms with E-state index in [1.165, 1.54) is 10.9 Å². The van der Waals surface area contributed by atoms with Gasteiger partial charge in [-0.25, -0.2) is 9.37 Å². The molecule has 2 rings (SSSR count). The molecule has 0 fully saturated rings. The quantitative estimate of drug-likeness (QED) is 0.844. The number of nitrogens with zero attached hydrogens (tertiary/aromatic N) is 1. The van der Waals surface area contributed by atoms with Gasteiger partial charge in [0, 0.05) is 15.9 Å². The van der Waals surface area contributed by atoms with Crippen LogP contribution in [0.1, 0.15) is 24.4 Å². The lowest BCUT2D eigenvalue weighted by molar-refractivity contribution is 0.626. The van der Waals surface area contributed by atoms with Gasteiger partial charge in [0.1, 0.15) is 10.8 Å². The number of hydrogen-bond donors (Lipinski definition) is 1. The van der Waals surface area contributed by atoms with Crippen LogP contribution in [0, 0.1) is 11.7 Å². The molecule has 0 atom stereocenters. The third-order valence-electron chi connectivity index (χ3n) is 2.89. The molecule has 1 aromatic carbocycles. The predicted molar refractivity (Wildman–Crippen MR) is 86.5 cm³/mol. The molecule has 2 nitrogen and oxygen atoms in total. The minimum Gasteiger partial charge on any atom is -0.315 e. The van der Waals surface area contributed by atoms with E-state index in [0.717, 1.165) is 28.1 Å². The number of thiazole rings is 1. The van der Waals surface area contributed by atoms with Gasteiger partial charge in [-0.2, -0.15) is 0 Å². The highest BCUT2D eigenvalue weighted by Crippen LogP contribution is 2.35. The van der Waals surface area contributed by atoms with Crippen molar-refractivity contribution < 1.29 is 4.39 Å². The Labute approximate surface area is 131 Å². The first-order chi connectivity index (χ1) is 9.52. The summed E-state index contributed by atoms with van der Waals surface area (Å²) in [5, 5.41) is 3.90. The molecule has 0 amide bonds. The highest BCUT2D eigenvalue weighted by Gasteiger charge is 2.17. The number of aromatic nitrogens is 1. The van der Waals surface area contributed by atoms with E-state index in [1.54, 1.807) is 17.4 Å². The third-order valence-corrected chi connectivity index (χ3v) is 4.67. The maximum absolute atomic E-state index is 14.0. The Morgan fingerprint density at radius 1 is 1.40 bits per heavy atom. The van der Waals surface area contributed by atoms with Gasteiger partial charge < -0.3 is 5.32 Å². The molecule has 0 saturated carbocycles. The SMILES string of the molecule is CNCc1sc(-c2c(F)cccc2Br)nc1CC(C)C. The molecule has 1 N–H and O–H groups in total. The Morgan fingerprint density at radius 3 is 2.75 bits per heavy atom. The van der Waals surface area contributed by atoms with Crippen molar-refractivity contribution in [2.75, 3.05) is 7.05 Å². The lowest BCUT2D eigenvalue weighted by Gasteiger charge is -2.04. The molecule has 0 spiro atoms. The second-order valence-electron chi connectivity index (χ2n) is 5.11. The van der Waals surface area contributed by atoms with Crippen LogP contribution in [0.4, 0.5) is 4.39 Å². The van der Waals surface area contributed by atoms with Crippen molar-refractivity contribution in [3.05, 3.63) is 39.1 Å². The van der Waals surface area contributed by atoms with Crippen molar-refractivity contribution in [1.82, 2.24) is 10.3 Å². The molecule has 0 saturated heterocycles. The zero-order valence-corrected chi connectivity index (χ0v) is 14.2. The second-order valence-corrected chi connectivity index (χ2v) is 7.05. The molecular formula is C15H18BrFN2S. The van der Waals surface area contributed by atoms with Crippen LogP contribution in [0.3, 0.4) is 0 Å². The lowest BCUT2D eigenvalue weighted by Crippen LogP contribution is -2.07. The largest absolute Gasteiger partial charge is 0.315 e. The average Bonchev–Trinajstić information content (AvgIpc) is 2.71. The van der Waals surface area contributed by atoms with Crippen LogP contribution < -0.4 is 5.32 Å². The van der Waals surface area contributed by atoms with Crippen LogP contribution in [-0.4, -0.2) is 12.0 Å². The highest BCUT2D eigenvalue weighted by atomic mass is 79.9. The third kappa shape index (κ3) is 3.45. The fraction of sp³-hybridized carbons (Fsp3) is 0.400. The number of rotatable bonds is 5. The van der Waals surface area contributed by atoms with Crippen molar-refractivity contribution in [3.8, 4) is 10.6 Å². The summed E-state index contributed by atoms with van der Waals surface area (Å²) in [5.41, 5.74) is 1.63. The fourth-order valence-electron chi connectivity index (χ4n) is 2.04. The smallest absolute Gasteiger partial charge is 0.134 e. The van der Waals surface area contributed by atoms with Gasteiger partial charge in [0.25, 0.3) is 0 Å². The van der Waals surface area contributed by atoms with E-state index < -0.39 is 0 Å². The molecular weight excluding hydrogens is 339 g/mol. The number of nitrogens with one attached hydrogen (secondary N) is 1. The maximum atomic E-state index is 14.0. The van der Waals surface area contributed by atoms with Gasteiger partial charge in [0.15, 0.2) is 0 Å². The van der Waals surface area contributed by atoms with E-state index in [0.29, 0.717) is 11.5 Å². The topological polar surface area (TPSA) is 24.9 Å². The van der Waals surface area contributed by atoms with Crippen LogP contribution in [0.15, 0.2) is 22.7 Å². The van der Waals surface area contributed by atoms with Crippen molar-refractivity contribution in [2.45, 2.75) is 26.8 Å². The molecule has 1 heterocycles. The van der Waals surface area contributed by atoms with Crippen LogP contribution in [0.25, 0.3) is 10.6 Å². The Morgan fingerprint density at radius 2 is 2.15 bits per heavy atom. The Kier molecular flexibility index (Phi) is 5.29. The zero-order chi connectivity index (χ0) is 14.7. The summed E-state index contributed by atoms with van der Waals surface area (Å²) in [6.45, 7) is 5.11. The van der Waals surface area contributed by atoms with E-state index in [1.807, 2.05) is 13.1 Å². The molecule has 1 aromatic heterocycles. The van der Waals surface area contributed by atoms with Crippen molar-refractivity contribution in [3.63, 3.8) is 0 Å². The molecule has 0 unspecified atom stereocenters. The van der Waals surface area contributed by atoms with Gasteiger partial charge in [-0.3, -0.25) is 0 Å². The van der Waals surface area contributed by atoms with E-state index in [9.17, 15) is 4.39 Å². The number of hydrogen-bond acceptors (Lipinski definition) is 3. The van der Waals surface area contributed by atoms with E-state index in [4.69, 9.17) is 0 Å². The van der Waals surface area contributed by atoms with Gasteiger partial charge >= 0.3 is 0 Å². The fourth-order valence-corrected chi connectivity index (χ4v) is 3.86. The first kappa shape index (κ1) is 15.6. The number of benzene rings is 1. The summed E-state index contributed by atoms with van der Waals surface area (Å²) >= 11 is 4.98. The number of halogens is 2. The maximum Gasteiger partial charge on any atom is 0.134 e. The van der Waals surface area contributed by atoms with E-state index in [2.05, 4.69) is 40.1 Å². The zero-order valence-electron chi connectivity index (χ0n) is 11.8. The standard InChI is InChI=1S/C15H18BrFN2S/c1-9(2)7-12-13(8-18-3)20-15(19-12)14-10(16)5-4-6-11(14)17/h4-6,9,18H,7-8H2,1-3H3. The summed E-state index contributed by atoms with van der Waals surface area (Å²) in [6, 6.07) is 5.01. The van der Waals surface area contributed by atoms with Crippen molar-refractivity contribution in [1.29, 1.82) is 0 Å². The van der Waals surface area contributed by atoms with Crippen LogP contribution in [-0.2, 0) is 13.0 Å². The highest BCUT2D eigenvalue weighted by molar-refractivity contribution is 9.10. The van der Waals surface area contributed by atoms with Crippen molar-refractivity contribution >= 4 is 27.3 Å². The first-order valence-corrected chi connectivity index (χ1v) is 8.21. The summed E-state index contributed by atoms with van der Waals surface area (Å²) < 4.78 is 14.8. The average molecular weight is 357 g/mol. The minimum atomic E-state index is -0.236. The summed E-state index contributed by atoms with van der Waals surface area (Å²) in [4.78, 5) is 5.86. The summed E-state index contributed by atoms with van der Waals surface area (Å²) in [5.74, 6) is 0.296. The molecule has 0 aliphatic rings. The molecule has 0 bridgehead atoms. The van der Waals surface area contributed by atoms with E-state index >= 15 is 0 Å². The monoisotopic (exact) mass is 356 g/mol. The Bertz CT molecular complexity index is 575. The van der Waals surface area contributed by atoms with Gasteiger partial charge in [0.2, 0.25) is 0 Å². The van der Waals surface area contributed by atoms with Gasteiger partial charge in [-0.05, 0) is 47.4 Å². The van der Waals surface area contributed by atoms with Gasteiger partial charge in [0.05, 0.1) is 11.3 Å². The molecule has 20 heavy (non-hydrogen) atoms. The summed E-state index contributed by atoms with van der Waals surface area (Å²) in [6.07, 6.45) is 0.916. The normalized spacial score (nSPS) is 11.3. The molecule has 0 aliphatic carbocycles. The molecule has 0 aliphatic heterocycles. The minimum absolute atomic E-state index is 0.236. The van der Waals surface area contributed by atoms with Crippen molar-refractivity contribution in [2.24, 2.45) is 5.92 Å². The lowest BCUT2D eigenvalue weighted by atomic mass is 10.1. The summed E-state index contributed by atoms with van der Waals surface area (Å²) in [7, 11) is 1.91. The first-order valence-electron chi connectivity index (χ1n) is 6.60. The van der Waals surface area contributed by atoms with Crippen LogP contribution in [0.2, 0.25) is 0 Å². The Hall–Kier alpha value is -0.780. The predicted octanol–water partition coefficient (Wildman–Crippen LogP) is 4.63. The molecule has 2 aromatic rings. The molecule has 5 heteroatoms. The molecule has 0 radical (unpaired) electrons. The van der Waals surface area contributed by atoms with E-state index in [-0.39, 0.29) is 5.82 Å². The van der Waals surface area contributed by atoms with Gasteiger partial charge in [-0.1, -0.05) is 19.9 Å². The van der Waals surface area contributed by atoms with Gasteiger partial charge in [-0.15, -0.1) is 11.3 Å². The molecule has 108 valence electrons. The van der Waals surface area contributed by atoms with Crippen LogP contribution >= 0.6 is 27.3 Å². The van der Waals surface area contributed by atoms with Crippen LogP contribution in [0.5, 0.6) is 0 Å². The second kappa shape index (κ2) is 6.78. The Balaban J connectivity index is 2.47.